The molecule has 33 heavy (non-hydrogen) atoms. The van der Waals surface area contributed by atoms with Crippen molar-refractivity contribution >= 4 is 23.1 Å². The van der Waals surface area contributed by atoms with Crippen molar-refractivity contribution in [2.24, 2.45) is 0 Å². The molecule has 1 atom stereocenters. The molecule has 0 saturated heterocycles. The maximum Gasteiger partial charge on any atom is 0.421 e. The van der Waals surface area contributed by atoms with Gasteiger partial charge in [0.05, 0.1) is 12.2 Å². The van der Waals surface area contributed by atoms with Crippen molar-refractivity contribution in [3.63, 3.8) is 0 Å². The predicted molar refractivity (Wildman–Crippen MR) is 123 cm³/mol. The molecule has 3 aromatic rings. The van der Waals surface area contributed by atoms with Gasteiger partial charge in [-0.05, 0) is 75.7 Å². The van der Waals surface area contributed by atoms with Gasteiger partial charge in [-0.3, -0.25) is 0 Å². The van der Waals surface area contributed by atoms with Crippen LogP contribution in [0.15, 0.2) is 54.7 Å². The smallest absolute Gasteiger partial charge is 0.421 e. The zero-order valence-electron chi connectivity index (χ0n) is 18.9. The number of nitrogens with zero attached hydrogens (tertiary/aromatic N) is 2. The number of ether oxygens (including phenoxy) is 2. The van der Waals surface area contributed by atoms with Gasteiger partial charge < -0.3 is 20.1 Å². The summed E-state index contributed by atoms with van der Waals surface area (Å²) in [6, 6.07) is 13.7. The Hall–Kier alpha value is -3.49. The Morgan fingerprint density at radius 3 is 1.91 bits per heavy atom. The van der Waals surface area contributed by atoms with Crippen LogP contribution in [0.4, 0.5) is 36.3 Å². The van der Waals surface area contributed by atoms with Crippen LogP contribution >= 0.6 is 0 Å². The molecule has 3 rings (SSSR count). The lowest BCUT2D eigenvalue weighted by Gasteiger charge is -2.16. The van der Waals surface area contributed by atoms with Crippen molar-refractivity contribution in [1.82, 2.24) is 9.97 Å². The third kappa shape index (κ3) is 7.00. The summed E-state index contributed by atoms with van der Waals surface area (Å²) in [6.45, 7) is 7.79. The Balaban J connectivity index is 1.80. The topological polar surface area (TPSA) is 68.3 Å². The first kappa shape index (κ1) is 24.2. The molecule has 2 aromatic carbocycles. The van der Waals surface area contributed by atoms with Crippen LogP contribution < -0.4 is 20.1 Å². The standard InChI is InChI=1S/C24H27F3N4O2/c1-5-16(4)33-20-12-8-18(9-13-20)30-23-28-14-21(24(25,26)27)22(31-23)29-17-6-10-19(11-7-17)32-15(2)3/h6-16H,5H2,1-4H3,(H2,28,29,30,31). The van der Waals surface area contributed by atoms with E-state index in [4.69, 9.17) is 9.47 Å². The van der Waals surface area contributed by atoms with E-state index in [0.717, 1.165) is 12.6 Å². The minimum atomic E-state index is -4.61. The van der Waals surface area contributed by atoms with Crippen LogP contribution in [0.3, 0.4) is 0 Å². The van der Waals surface area contributed by atoms with Gasteiger partial charge in [-0.2, -0.15) is 18.2 Å². The third-order valence-electron chi connectivity index (χ3n) is 4.61. The van der Waals surface area contributed by atoms with Gasteiger partial charge in [-0.25, -0.2) is 4.98 Å². The van der Waals surface area contributed by atoms with Gasteiger partial charge in [0.2, 0.25) is 5.95 Å². The second-order valence-electron chi connectivity index (χ2n) is 7.76. The quantitative estimate of drug-likeness (QED) is 0.360. The number of rotatable bonds is 9. The van der Waals surface area contributed by atoms with Crippen molar-refractivity contribution in [2.45, 2.75) is 52.5 Å². The summed E-state index contributed by atoms with van der Waals surface area (Å²) in [5.41, 5.74) is 0.0908. The zero-order valence-corrected chi connectivity index (χ0v) is 18.9. The highest BCUT2D eigenvalue weighted by molar-refractivity contribution is 5.63. The molecule has 0 aliphatic heterocycles. The van der Waals surface area contributed by atoms with E-state index in [1.165, 1.54) is 0 Å². The van der Waals surface area contributed by atoms with Crippen LogP contribution in [-0.4, -0.2) is 22.2 Å². The van der Waals surface area contributed by atoms with Crippen molar-refractivity contribution < 1.29 is 22.6 Å². The molecule has 1 aromatic heterocycles. The maximum atomic E-state index is 13.5. The molecule has 0 aliphatic rings. The minimum absolute atomic E-state index is 0.00758. The fraction of sp³-hybridized carbons (Fsp3) is 0.333. The number of nitrogens with one attached hydrogen (secondary N) is 2. The monoisotopic (exact) mass is 460 g/mol. The Bertz CT molecular complexity index is 1040. The number of hydrogen-bond acceptors (Lipinski definition) is 6. The van der Waals surface area contributed by atoms with Gasteiger partial charge in [0, 0.05) is 17.6 Å². The van der Waals surface area contributed by atoms with Crippen molar-refractivity contribution in [1.29, 1.82) is 0 Å². The molecule has 1 heterocycles. The normalized spacial score (nSPS) is 12.4. The highest BCUT2D eigenvalue weighted by Gasteiger charge is 2.35. The molecule has 0 spiro atoms. The van der Waals surface area contributed by atoms with Crippen molar-refractivity contribution in [3.8, 4) is 11.5 Å². The van der Waals surface area contributed by atoms with E-state index >= 15 is 0 Å². The van der Waals surface area contributed by atoms with Crippen LogP contribution in [0.1, 0.15) is 39.7 Å². The molecular weight excluding hydrogens is 433 g/mol. The zero-order chi connectivity index (χ0) is 24.0. The highest BCUT2D eigenvalue weighted by Crippen LogP contribution is 2.35. The van der Waals surface area contributed by atoms with E-state index in [2.05, 4.69) is 20.6 Å². The van der Waals surface area contributed by atoms with Gasteiger partial charge in [0.1, 0.15) is 22.9 Å². The molecule has 6 nitrogen and oxygen atoms in total. The molecule has 1 unspecified atom stereocenters. The first-order chi connectivity index (χ1) is 15.6. The van der Waals surface area contributed by atoms with Gasteiger partial charge in [0.15, 0.2) is 0 Å². The summed E-state index contributed by atoms with van der Waals surface area (Å²) < 4.78 is 51.9. The summed E-state index contributed by atoms with van der Waals surface area (Å²) >= 11 is 0. The molecule has 0 aliphatic carbocycles. The molecule has 0 amide bonds. The number of hydrogen-bond donors (Lipinski definition) is 2. The Kier molecular flexibility index (Phi) is 7.63. The Labute approximate surface area is 191 Å². The van der Waals surface area contributed by atoms with E-state index in [9.17, 15) is 13.2 Å². The molecule has 0 fully saturated rings. The largest absolute Gasteiger partial charge is 0.491 e. The average molecular weight is 461 g/mol. The van der Waals surface area contributed by atoms with Crippen LogP contribution in [0.25, 0.3) is 0 Å². The predicted octanol–water partition coefficient (Wildman–Crippen LogP) is 6.95. The molecule has 2 N–H and O–H groups in total. The summed E-state index contributed by atoms with van der Waals surface area (Å²) in [4.78, 5) is 7.91. The number of halogens is 3. The molecule has 176 valence electrons. The van der Waals surface area contributed by atoms with Gasteiger partial charge in [0.25, 0.3) is 0 Å². The second-order valence-corrected chi connectivity index (χ2v) is 7.76. The second kappa shape index (κ2) is 10.4. The van der Waals surface area contributed by atoms with Crippen molar-refractivity contribution in [3.05, 3.63) is 60.3 Å². The van der Waals surface area contributed by atoms with E-state index in [0.29, 0.717) is 22.9 Å². The van der Waals surface area contributed by atoms with Crippen LogP contribution in [0, 0.1) is 0 Å². The number of alkyl halides is 3. The fourth-order valence-electron chi connectivity index (χ4n) is 2.83. The fourth-order valence-corrected chi connectivity index (χ4v) is 2.83. The molecule has 9 heteroatoms. The summed E-state index contributed by atoms with van der Waals surface area (Å²) in [6.07, 6.45) is -2.90. The highest BCUT2D eigenvalue weighted by atomic mass is 19.4. The van der Waals surface area contributed by atoms with Gasteiger partial charge in [-0.15, -0.1) is 0 Å². The molecular formula is C24H27F3N4O2. The number of benzene rings is 2. The van der Waals surface area contributed by atoms with Gasteiger partial charge >= 0.3 is 6.18 Å². The SMILES string of the molecule is CCC(C)Oc1ccc(Nc2ncc(C(F)(F)F)c(Nc3ccc(OC(C)C)cc3)n2)cc1. The number of aromatic nitrogens is 2. The van der Waals surface area contributed by atoms with Crippen molar-refractivity contribution in [2.75, 3.05) is 10.6 Å². The minimum Gasteiger partial charge on any atom is -0.491 e. The maximum absolute atomic E-state index is 13.5. The first-order valence-electron chi connectivity index (χ1n) is 10.7. The van der Waals surface area contributed by atoms with Crippen LogP contribution in [0.2, 0.25) is 0 Å². The lowest BCUT2D eigenvalue weighted by molar-refractivity contribution is -0.137. The Morgan fingerprint density at radius 1 is 0.848 bits per heavy atom. The van der Waals surface area contributed by atoms with E-state index in [1.807, 2.05) is 27.7 Å². The van der Waals surface area contributed by atoms with Crippen LogP contribution in [-0.2, 0) is 6.18 Å². The summed E-state index contributed by atoms with van der Waals surface area (Å²) in [5, 5.41) is 5.67. The molecule has 0 saturated carbocycles. The third-order valence-corrected chi connectivity index (χ3v) is 4.61. The van der Waals surface area contributed by atoms with Gasteiger partial charge in [-0.1, -0.05) is 6.92 Å². The molecule has 0 radical (unpaired) electrons. The summed E-state index contributed by atoms with van der Waals surface area (Å²) in [5.74, 6) is 1.00. The number of anilines is 4. The lowest BCUT2D eigenvalue weighted by Crippen LogP contribution is -2.12. The van der Waals surface area contributed by atoms with E-state index in [1.54, 1.807) is 48.5 Å². The molecule has 0 bridgehead atoms. The van der Waals surface area contributed by atoms with Crippen LogP contribution in [0.5, 0.6) is 11.5 Å². The van der Waals surface area contributed by atoms with E-state index in [-0.39, 0.29) is 24.0 Å². The first-order valence-corrected chi connectivity index (χ1v) is 10.7. The summed E-state index contributed by atoms with van der Waals surface area (Å²) in [7, 11) is 0. The average Bonchev–Trinajstić information content (AvgIpc) is 2.75. The lowest BCUT2D eigenvalue weighted by atomic mass is 10.2. The Morgan fingerprint density at radius 2 is 1.39 bits per heavy atom. The van der Waals surface area contributed by atoms with E-state index < -0.39 is 11.7 Å².